The molecule has 1 heterocycles. The van der Waals surface area contributed by atoms with Gasteiger partial charge in [0, 0.05) is 13.0 Å². The zero-order chi connectivity index (χ0) is 14.1. The molecular weight excluding hydrogens is 240 g/mol. The van der Waals surface area contributed by atoms with Gasteiger partial charge in [0.25, 0.3) is 0 Å². The van der Waals surface area contributed by atoms with Crippen molar-refractivity contribution >= 4 is 0 Å². The van der Waals surface area contributed by atoms with Crippen molar-refractivity contribution in [3.63, 3.8) is 0 Å². The van der Waals surface area contributed by atoms with Crippen LogP contribution < -0.4 is 0 Å². The van der Waals surface area contributed by atoms with Crippen molar-refractivity contribution in [1.29, 1.82) is 0 Å². The van der Waals surface area contributed by atoms with Crippen LogP contribution in [0.2, 0.25) is 0 Å². The third kappa shape index (κ3) is 5.64. The van der Waals surface area contributed by atoms with E-state index in [1.54, 1.807) is 7.11 Å². The number of aliphatic hydroxyl groups excluding tert-OH is 1. The molecule has 0 aliphatic carbocycles. The van der Waals surface area contributed by atoms with Crippen molar-refractivity contribution in [3.05, 3.63) is 12.2 Å². The molecule has 1 aliphatic heterocycles. The largest absolute Gasteiger partial charge is 0.387 e. The number of hydrogen-bond donors (Lipinski definition) is 1. The van der Waals surface area contributed by atoms with Crippen LogP contribution in [-0.4, -0.2) is 37.1 Å². The van der Waals surface area contributed by atoms with Crippen LogP contribution in [0.4, 0.5) is 0 Å². The van der Waals surface area contributed by atoms with Gasteiger partial charge in [-0.3, -0.25) is 0 Å². The van der Waals surface area contributed by atoms with Crippen molar-refractivity contribution in [2.75, 3.05) is 13.7 Å². The number of unbranched alkanes of at least 4 members (excludes halogenated alkanes) is 5. The summed E-state index contributed by atoms with van der Waals surface area (Å²) in [5.41, 5.74) is 0. The second-order valence-corrected chi connectivity index (χ2v) is 5.60. The smallest absolute Gasteiger partial charge is 0.110 e. The van der Waals surface area contributed by atoms with Crippen molar-refractivity contribution in [1.82, 2.24) is 0 Å². The average molecular weight is 270 g/mol. The van der Waals surface area contributed by atoms with Crippen LogP contribution in [0.1, 0.15) is 52.4 Å². The van der Waals surface area contributed by atoms with Crippen molar-refractivity contribution < 1.29 is 14.6 Å². The molecule has 3 heteroatoms. The van der Waals surface area contributed by atoms with E-state index in [1.807, 2.05) is 13.0 Å². The molecule has 0 bridgehead atoms. The minimum atomic E-state index is -0.551. The van der Waals surface area contributed by atoms with Gasteiger partial charge in [0.05, 0.1) is 12.7 Å². The van der Waals surface area contributed by atoms with Crippen LogP contribution in [-0.2, 0) is 9.47 Å². The van der Waals surface area contributed by atoms with Gasteiger partial charge in [0.1, 0.15) is 12.2 Å². The molecule has 0 aromatic heterocycles. The van der Waals surface area contributed by atoms with Crippen molar-refractivity contribution in [3.8, 4) is 0 Å². The van der Waals surface area contributed by atoms with E-state index in [2.05, 4.69) is 13.0 Å². The molecule has 19 heavy (non-hydrogen) atoms. The molecule has 0 saturated carbocycles. The number of aliphatic hydroxyl groups is 1. The van der Waals surface area contributed by atoms with Crippen LogP contribution >= 0.6 is 0 Å². The second-order valence-electron chi connectivity index (χ2n) is 5.60. The van der Waals surface area contributed by atoms with Gasteiger partial charge in [-0.2, -0.15) is 0 Å². The summed E-state index contributed by atoms with van der Waals surface area (Å²) in [5, 5.41) is 10.2. The third-order valence-electron chi connectivity index (χ3n) is 3.86. The number of rotatable bonds is 8. The maximum Gasteiger partial charge on any atom is 0.110 e. The lowest BCUT2D eigenvalue weighted by Gasteiger charge is -2.36. The van der Waals surface area contributed by atoms with Gasteiger partial charge in [0.2, 0.25) is 0 Å². The summed E-state index contributed by atoms with van der Waals surface area (Å²) in [6.07, 6.45) is 10.8. The van der Waals surface area contributed by atoms with Crippen LogP contribution in [0.15, 0.2) is 12.2 Å². The van der Waals surface area contributed by atoms with E-state index in [-0.39, 0.29) is 18.1 Å². The molecule has 1 fully saturated rings. The molecule has 4 atom stereocenters. The first kappa shape index (κ1) is 16.7. The normalized spacial score (nSPS) is 32.0. The standard InChI is InChI=1S/C16H30O3/c1-4-5-6-7-8-9-10-11-14-15(17)16(18-3)13(2)12-19-14/h10-11,13-17H,4-9,12H2,1-3H3/b11-10-/t13-,14+,15+,16+/m1/s1. The third-order valence-corrected chi connectivity index (χ3v) is 3.86. The fourth-order valence-corrected chi connectivity index (χ4v) is 2.62. The SMILES string of the molecule is CCCCCCC/C=C\[C@@H]1OC[C@@H](C)[C@H](OC)[C@H]1O. The minimum Gasteiger partial charge on any atom is -0.387 e. The van der Waals surface area contributed by atoms with Crippen LogP contribution in [0, 0.1) is 5.92 Å². The summed E-state index contributed by atoms with van der Waals surface area (Å²) in [4.78, 5) is 0. The lowest BCUT2D eigenvalue weighted by Crippen LogP contribution is -2.49. The Morgan fingerprint density at radius 2 is 2.00 bits per heavy atom. The quantitative estimate of drug-likeness (QED) is 0.543. The van der Waals surface area contributed by atoms with Crippen LogP contribution in [0.5, 0.6) is 0 Å². The van der Waals surface area contributed by atoms with E-state index >= 15 is 0 Å². The first-order valence-corrected chi connectivity index (χ1v) is 7.69. The summed E-state index contributed by atoms with van der Waals surface area (Å²) in [6.45, 7) is 4.93. The predicted molar refractivity (Wildman–Crippen MR) is 78.2 cm³/mol. The molecule has 3 nitrogen and oxygen atoms in total. The zero-order valence-electron chi connectivity index (χ0n) is 12.7. The van der Waals surface area contributed by atoms with Gasteiger partial charge in [-0.15, -0.1) is 0 Å². The number of ether oxygens (including phenoxy) is 2. The summed E-state index contributed by atoms with van der Waals surface area (Å²) in [7, 11) is 1.66. The van der Waals surface area contributed by atoms with Crippen molar-refractivity contribution in [2.24, 2.45) is 5.92 Å². The topological polar surface area (TPSA) is 38.7 Å². The van der Waals surface area contributed by atoms with Crippen LogP contribution in [0.3, 0.4) is 0 Å². The van der Waals surface area contributed by atoms with E-state index in [0.717, 1.165) is 6.42 Å². The van der Waals surface area contributed by atoms with Gasteiger partial charge in [-0.1, -0.05) is 51.7 Å². The molecule has 0 unspecified atom stereocenters. The highest BCUT2D eigenvalue weighted by molar-refractivity contribution is 4.99. The molecule has 0 aromatic carbocycles. The van der Waals surface area contributed by atoms with E-state index in [4.69, 9.17) is 9.47 Å². The Balaban J connectivity index is 2.24. The summed E-state index contributed by atoms with van der Waals surface area (Å²) in [6, 6.07) is 0. The molecule has 1 saturated heterocycles. The lowest BCUT2D eigenvalue weighted by molar-refractivity contribution is -0.155. The molecular formula is C16H30O3. The lowest BCUT2D eigenvalue weighted by atomic mass is 9.93. The molecule has 0 aromatic rings. The van der Waals surface area contributed by atoms with Crippen LogP contribution in [0.25, 0.3) is 0 Å². The fourth-order valence-electron chi connectivity index (χ4n) is 2.62. The first-order valence-electron chi connectivity index (χ1n) is 7.69. The molecule has 0 spiro atoms. The van der Waals surface area contributed by atoms with Gasteiger partial charge in [-0.05, 0) is 12.8 Å². The Morgan fingerprint density at radius 1 is 1.26 bits per heavy atom. The van der Waals surface area contributed by atoms with Gasteiger partial charge >= 0.3 is 0 Å². The Hall–Kier alpha value is -0.380. The summed E-state index contributed by atoms with van der Waals surface area (Å²) in [5.74, 6) is 0.249. The Bertz CT molecular complexity index is 252. The Morgan fingerprint density at radius 3 is 2.68 bits per heavy atom. The molecule has 1 aliphatic rings. The highest BCUT2D eigenvalue weighted by Crippen LogP contribution is 2.23. The highest BCUT2D eigenvalue weighted by Gasteiger charge is 2.35. The average Bonchev–Trinajstić information content (AvgIpc) is 2.40. The second kappa shape index (κ2) is 9.51. The van der Waals surface area contributed by atoms with Gasteiger partial charge in [-0.25, -0.2) is 0 Å². The number of hydrogen-bond acceptors (Lipinski definition) is 3. The molecule has 1 N–H and O–H groups in total. The summed E-state index contributed by atoms with van der Waals surface area (Å²) < 4.78 is 11.0. The number of methoxy groups -OCH3 is 1. The predicted octanol–water partition coefficient (Wildman–Crippen LogP) is 3.31. The van der Waals surface area contributed by atoms with E-state index in [1.165, 1.54) is 32.1 Å². The minimum absolute atomic E-state index is 0.118. The first-order chi connectivity index (χ1) is 9.20. The highest BCUT2D eigenvalue weighted by atomic mass is 16.5. The van der Waals surface area contributed by atoms with Gasteiger partial charge in [0.15, 0.2) is 0 Å². The van der Waals surface area contributed by atoms with Crippen molar-refractivity contribution in [2.45, 2.75) is 70.7 Å². The summed E-state index contributed by atoms with van der Waals surface area (Å²) >= 11 is 0. The molecule has 112 valence electrons. The zero-order valence-corrected chi connectivity index (χ0v) is 12.7. The maximum absolute atomic E-state index is 10.2. The Kier molecular flexibility index (Phi) is 8.35. The Labute approximate surface area is 118 Å². The molecule has 0 radical (unpaired) electrons. The molecule has 0 amide bonds. The fraction of sp³-hybridized carbons (Fsp3) is 0.875. The number of allylic oxidation sites excluding steroid dienone is 1. The maximum atomic E-state index is 10.2. The van der Waals surface area contributed by atoms with E-state index < -0.39 is 6.10 Å². The van der Waals surface area contributed by atoms with Gasteiger partial charge < -0.3 is 14.6 Å². The van der Waals surface area contributed by atoms with E-state index in [0.29, 0.717) is 6.61 Å². The van der Waals surface area contributed by atoms with E-state index in [9.17, 15) is 5.11 Å². The molecule has 1 rings (SSSR count). The monoisotopic (exact) mass is 270 g/mol.